The fraction of sp³-hybridized carbons (Fsp3) is 0.333. The van der Waals surface area contributed by atoms with Gasteiger partial charge < -0.3 is 20.5 Å². The van der Waals surface area contributed by atoms with E-state index in [0.717, 1.165) is 0 Å². The highest BCUT2D eigenvalue weighted by Gasteiger charge is 2.12. The van der Waals surface area contributed by atoms with Gasteiger partial charge >= 0.3 is 5.97 Å². The molecule has 6 nitrogen and oxygen atoms in total. The molecular formula is C12H17N3O3. The van der Waals surface area contributed by atoms with E-state index in [0.29, 0.717) is 13.1 Å². The minimum Gasteiger partial charge on any atom is -0.507 e. The number of nitrogens with zero attached hydrogens (tertiary/aromatic N) is 1. The number of phenols is 1. The largest absolute Gasteiger partial charge is 0.507 e. The van der Waals surface area contributed by atoms with Gasteiger partial charge in [-0.25, -0.2) is 4.79 Å². The van der Waals surface area contributed by atoms with E-state index in [4.69, 9.17) is 15.9 Å². The first-order valence-corrected chi connectivity index (χ1v) is 5.60. The van der Waals surface area contributed by atoms with Crippen molar-refractivity contribution < 1.29 is 14.6 Å². The van der Waals surface area contributed by atoms with Crippen LogP contribution in [0.15, 0.2) is 24.3 Å². The Bertz CT molecular complexity index is 434. The van der Waals surface area contributed by atoms with Crippen LogP contribution in [-0.4, -0.2) is 41.6 Å². The molecule has 0 aliphatic rings. The third kappa shape index (κ3) is 3.65. The van der Waals surface area contributed by atoms with E-state index in [-0.39, 0.29) is 23.9 Å². The monoisotopic (exact) mass is 251 g/mol. The number of carbonyl (C=O) groups excluding carboxylic acids is 1. The quantitative estimate of drug-likeness (QED) is 0.407. The van der Waals surface area contributed by atoms with Gasteiger partial charge in [0.15, 0.2) is 5.96 Å². The van der Waals surface area contributed by atoms with Gasteiger partial charge in [0, 0.05) is 6.54 Å². The smallest absolute Gasteiger partial charge is 0.341 e. The molecule has 0 saturated carbocycles. The van der Waals surface area contributed by atoms with Crippen molar-refractivity contribution in [3.05, 3.63) is 29.8 Å². The summed E-state index contributed by atoms with van der Waals surface area (Å²) < 4.78 is 5.00. The maximum atomic E-state index is 11.6. The molecule has 18 heavy (non-hydrogen) atoms. The zero-order valence-corrected chi connectivity index (χ0v) is 10.2. The molecular weight excluding hydrogens is 234 g/mol. The lowest BCUT2D eigenvalue weighted by Gasteiger charge is -2.20. The van der Waals surface area contributed by atoms with Gasteiger partial charge in [0.2, 0.25) is 0 Å². The Labute approximate surface area is 105 Å². The summed E-state index contributed by atoms with van der Waals surface area (Å²) in [4.78, 5) is 13.2. The number of para-hydroxylation sites is 1. The SMILES string of the molecule is CCN(CCOC(=O)c1ccccc1O)C(=N)N. The van der Waals surface area contributed by atoms with Crippen LogP contribution in [0.3, 0.4) is 0 Å². The summed E-state index contributed by atoms with van der Waals surface area (Å²) in [7, 11) is 0. The molecule has 0 unspecified atom stereocenters. The van der Waals surface area contributed by atoms with Crippen LogP contribution in [0.5, 0.6) is 5.75 Å². The Morgan fingerprint density at radius 2 is 2.17 bits per heavy atom. The summed E-state index contributed by atoms with van der Waals surface area (Å²) in [5.74, 6) is -0.759. The molecule has 0 spiro atoms. The van der Waals surface area contributed by atoms with Gasteiger partial charge in [0.1, 0.15) is 17.9 Å². The number of rotatable bonds is 5. The molecule has 4 N–H and O–H groups in total. The molecule has 0 bridgehead atoms. The minimum atomic E-state index is -0.590. The lowest BCUT2D eigenvalue weighted by Crippen LogP contribution is -2.38. The van der Waals surface area contributed by atoms with Crippen molar-refractivity contribution in [2.24, 2.45) is 5.73 Å². The molecule has 0 heterocycles. The summed E-state index contributed by atoms with van der Waals surface area (Å²) >= 11 is 0. The predicted molar refractivity (Wildman–Crippen MR) is 67.6 cm³/mol. The highest BCUT2D eigenvalue weighted by Crippen LogP contribution is 2.16. The molecule has 0 amide bonds. The molecule has 0 atom stereocenters. The highest BCUT2D eigenvalue weighted by atomic mass is 16.5. The Balaban J connectivity index is 2.47. The van der Waals surface area contributed by atoms with Crippen LogP contribution in [0.25, 0.3) is 0 Å². The summed E-state index contributed by atoms with van der Waals surface area (Å²) in [6.07, 6.45) is 0. The Morgan fingerprint density at radius 3 is 2.72 bits per heavy atom. The number of hydrogen-bond acceptors (Lipinski definition) is 4. The van der Waals surface area contributed by atoms with E-state index in [1.165, 1.54) is 12.1 Å². The average Bonchev–Trinajstić information content (AvgIpc) is 2.34. The standard InChI is InChI=1S/C12H17N3O3/c1-2-15(12(13)14)7-8-18-11(17)9-5-3-4-6-10(9)16/h3-6,16H,2,7-8H2,1H3,(H3,13,14). The van der Waals surface area contributed by atoms with Crippen LogP contribution >= 0.6 is 0 Å². The second-order valence-corrected chi connectivity index (χ2v) is 3.62. The summed E-state index contributed by atoms with van der Waals surface area (Å²) in [5.41, 5.74) is 5.46. The number of hydrogen-bond donors (Lipinski definition) is 3. The number of ether oxygens (including phenoxy) is 1. The van der Waals surface area contributed by atoms with Crippen molar-refractivity contribution >= 4 is 11.9 Å². The minimum absolute atomic E-state index is 0.0592. The maximum absolute atomic E-state index is 11.6. The van der Waals surface area contributed by atoms with Crippen LogP contribution in [-0.2, 0) is 4.74 Å². The predicted octanol–water partition coefficient (Wildman–Crippen LogP) is 0.764. The summed E-state index contributed by atoms with van der Waals surface area (Å²) in [5, 5.41) is 16.7. The number of benzene rings is 1. The first-order valence-electron chi connectivity index (χ1n) is 5.60. The molecule has 0 aromatic heterocycles. The number of esters is 1. The molecule has 1 aromatic rings. The van der Waals surface area contributed by atoms with Gasteiger partial charge in [-0.2, -0.15) is 0 Å². The number of nitrogens with two attached hydrogens (primary N) is 1. The second kappa shape index (κ2) is 6.48. The normalized spacial score (nSPS) is 9.83. The molecule has 0 aliphatic heterocycles. The van der Waals surface area contributed by atoms with Crippen molar-refractivity contribution in [2.45, 2.75) is 6.92 Å². The van der Waals surface area contributed by atoms with E-state index < -0.39 is 5.97 Å². The third-order valence-corrected chi connectivity index (χ3v) is 2.44. The second-order valence-electron chi connectivity index (χ2n) is 3.62. The third-order valence-electron chi connectivity index (χ3n) is 2.44. The van der Waals surface area contributed by atoms with Crippen LogP contribution in [0.2, 0.25) is 0 Å². The Hall–Kier alpha value is -2.24. The molecule has 98 valence electrons. The number of carbonyl (C=O) groups is 1. The highest BCUT2D eigenvalue weighted by molar-refractivity contribution is 5.92. The fourth-order valence-corrected chi connectivity index (χ4v) is 1.42. The van der Waals surface area contributed by atoms with Gasteiger partial charge in [-0.05, 0) is 19.1 Å². The van der Waals surface area contributed by atoms with Gasteiger partial charge in [-0.15, -0.1) is 0 Å². The number of likely N-dealkylation sites (N-methyl/N-ethyl adjacent to an activating group) is 1. The first-order chi connectivity index (χ1) is 8.56. The van der Waals surface area contributed by atoms with E-state index in [9.17, 15) is 9.90 Å². The number of phenolic OH excluding ortho intramolecular Hbond substituents is 1. The van der Waals surface area contributed by atoms with Crippen molar-refractivity contribution in [2.75, 3.05) is 19.7 Å². The van der Waals surface area contributed by atoms with Crippen molar-refractivity contribution in [3.8, 4) is 5.75 Å². The van der Waals surface area contributed by atoms with Gasteiger partial charge in [0.05, 0.1) is 6.54 Å². The number of guanidine groups is 1. The molecule has 0 fully saturated rings. The van der Waals surface area contributed by atoms with Crippen molar-refractivity contribution in [1.82, 2.24) is 4.90 Å². The van der Waals surface area contributed by atoms with Crippen LogP contribution in [0.4, 0.5) is 0 Å². The average molecular weight is 251 g/mol. The van der Waals surface area contributed by atoms with Gasteiger partial charge in [-0.1, -0.05) is 12.1 Å². The molecule has 0 aliphatic carbocycles. The van der Waals surface area contributed by atoms with E-state index in [1.54, 1.807) is 17.0 Å². The Morgan fingerprint density at radius 1 is 1.50 bits per heavy atom. The zero-order chi connectivity index (χ0) is 13.5. The van der Waals surface area contributed by atoms with Crippen molar-refractivity contribution in [1.29, 1.82) is 5.41 Å². The zero-order valence-electron chi connectivity index (χ0n) is 10.2. The van der Waals surface area contributed by atoms with Crippen LogP contribution in [0, 0.1) is 5.41 Å². The maximum Gasteiger partial charge on any atom is 0.341 e. The molecule has 6 heteroatoms. The topological polar surface area (TPSA) is 99.6 Å². The van der Waals surface area contributed by atoms with Gasteiger partial charge in [0.25, 0.3) is 0 Å². The van der Waals surface area contributed by atoms with Gasteiger partial charge in [-0.3, -0.25) is 5.41 Å². The molecule has 1 aromatic carbocycles. The lowest BCUT2D eigenvalue weighted by molar-refractivity contribution is 0.0483. The summed E-state index contributed by atoms with van der Waals surface area (Å²) in [6, 6.07) is 6.18. The van der Waals surface area contributed by atoms with E-state index in [2.05, 4.69) is 0 Å². The van der Waals surface area contributed by atoms with Crippen LogP contribution < -0.4 is 5.73 Å². The Kier molecular flexibility index (Phi) is 4.98. The number of nitrogens with one attached hydrogen (secondary N) is 1. The first kappa shape index (κ1) is 13.8. The summed E-state index contributed by atoms with van der Waals surface area (Å²) in [6.45, 7) is 2.89. The molecule has 0 radical (unpaired) electrons. The van der Waals surface area contributed by atoms with E-state index in [1.807, 2.05) is 6.92 Å². The molecule has 0 saturated heterocycles. The number of aromatic hydroxyl groups is 1. The fourth-order valence-electron chi connectivity index (χ4n) is 1.42. The van der Waals surface area contributed by atoms with Crippen LogP contribution in [0.1, 0.15) is 17.3 Å². The molecule has 1 rings (SSSR count). The lowest BCUT2D eigenvalue weighted by atomic mass is 10.2. The van der Waals surface area contributed by atoms with E-state index >= 15 is 0 Å². The van der Waals surface area contributed by atoms with Crippen molar-refractivity contribution in [3.63, 3.8) is 0 Å².